The van der Waals surface area contributed by atoms with Crippen LogP contribution in [0.15, 0.2) is 18.6 Å². The van der Waals surface area contributed by atoms with Gasteiger partial charge in [0, 0.05) is 44.8 Å². The van der Waals surface area contributed by atoms with E-state index in [9.17, 15) is 0 Å². The van der Waals surface area contributed by atoms with Crippen LogP contribution in [-0.4, -0.2) is 54.3 Å². The average Bonchev–Trinajstić information content (AvgIpc) is 2.31. The lowest BCUT2D eigenvalue weighted by molar-refractivity contribution is -0.0295. The lowest BCUT2D eigenvalue weighted by atomic mass is 10.2. The minimum atomic E-state index is 0.287. The van der Waals surface area contributed by atoms with Crippen molar-refractivity contribution < 1.29 is 4.74 Å². The molecule has 1 N–H and O–H groups in total. The Balaban J connectivity index is 1.85. The molecule has 1 atom stereocenters. The molecular weight excluding hydrogens is 204 g/mol. The van der Waals surface area contributed by atoms with Crippen LogP contribution in [0.4, 0.5) is 0 Å². The number of aromatic nitrogens is 2. The molecule has 5 nitrogen and oxygen atoms in total. The number of likely N-dealkylation sites (N-methyl/N-ethyl adjacent to an activating group) is 1. The van der Waals surface area contributed by atoms with Gasteiger partial charge in [0.05, 0.1) is 18.4 Å². The van der Waals surface area contributed by atoms with Crippen LogP contribution in [0.3, 0.4) is 0 Å². The lowest BCUT2D eigenvalue weighted by Gasteiger charge is -2.32. The largest absolute Gasteiger partial charge is 0.374 e. The Morgan fingerprint density at radius 1 is 1.56 bits per heavy atom. The Bertz CT molecular complexity index is 304. The van der Waals surface area contributed by atoms with Crippen molar-refractivity contribution in [3.05, 3.63) is 24.3 Å². The summed E-state index contributed by atoms with van der Waals surface area (Å²) in [4.78, 5) is 10.7. The SMILES string of the molecule is CNCC1CN(Cc2cnccn2)CCO1. The Morgan fingerprint density at radius 3 is 3.25 bits per heavy atom. The number of hydrogen-bond acceptors (Lipinski definition) is 5. The summed E-state index contributed by atoms with van der Waals surface area (Å²) in [5.41, 5.74) is 1.02. The highest BCUT2D eigenvalue weighted by Gasteiger charge is 2.19. The van der Waals surface area contributed by atoms with Crippen molar-refractivity contribution in [2.75, 3.05) is 33.3 Å². The maximum atomic E-state index is 5.65. The van der Waals surface area contributed by atoms with Crippen molar-refractivity contribution in [2.45, 2.75) is 12.6 Å². The standard InChI is InChI=1S/C11H18N4O/c1-12-7-11-9-15(4-5-16-11)8-10-6-13-2-3-14-10/h2-3,6,11-12H,4-5,7-9H2,1H3. The molecule has 5 heteroatoms. The molecule has 1 aliphatic rings. The zero-order valence-corrected chi connectivity index (χ0v) is 9.59. The fourth-order valence-electron chi connectivity index (χ4n) is 1.92. The third-order valence-corrected chi connectivity index (χ3v) is 2.66. The molecule has 0 aliphatic carbocycles. The molecule has 2 rings (SSSR count). The highest BCUT2D eigenvalue weighted by Crippen LogP contribution is 2.07. The third-order valence-electron chi connectivity index (χ3n) is 2.66. The van der Waals surface area contributed by atoms with Crippen LogP contribution in [0.1, 0.15) is 5.69 Å². The number of morpholine rings is 1. The van der Waals surface area contributed by atoms with Gasteiger partial charge in [0.2, 0.25) is 0 Å². The van der Waals surface area contributed by atoms with Gasteiger partial charge in [-0.2, -0.15) is 0 Å². The predicted octanol–water partition coefficient (Wildman–Crippen LogP) is -0.103. The van der Waals surface area contributed by atoms with Gasteiger partial charge in [-0.25, -0.2) is 0 Å². The molecule has 0 spiro atoms. The van der Waals surface area contributed by atoms with Crippen molar-refractivity contribution in [1.29, 1.82) is 0 Å². The number of rotatable bonds is 4. The molecule has 1 saturated heterocycles. The summed E-state index contributed by atoms with van der Waals surface area (Å²) >= 11 is 0. The molecule has 2 heterocycles. The van der Waals surface area contributed by atoms with E-state index in [0.717, 1.165) is 38.5 Å². The molecule has 1 aliphatic heterocycles. The highest BCUT2D eigenvalue weighted by molar-refractivity contribution is 4.94. The van der Waals surface area contributed by atoms with E-state index in [4.69, 9.17) is 4.74 Å². The predicted molar refractivity (Wildman–Crippen MR) is 61.0 cm³/mol. The fraction of sp³-hybridized carbons (Fsp3) is 0.636. The molecule has 88 valence electrons. The molecule has 0 bridgehead atoms. The zero-order chi connectivity index (χ0) is 11.2. The minimum Gasteiger partial charge on any atom is -0.374 e. The van der Waals surface area contributed by atoms with Crippen molar-refractivity contribution in [3.8, 4) is 0 Å². The first kappa shape index (κ1) is 11.4. The van der Waals surface area contributed by atoms with Gasteiger partial charge in [0.15, 0.2) is 0 Å². The number of nitrogens with zero attached hydrogens (tertiary/aromatic N) is 3. The first-order valence-corrected chi connectivity index (χ1v) is 5.62. The summed E-state index contributed by atoms with van der Waals surface area (Å²) in [5, 5.41) is 3.14. The van der Waals surface area contributed by atoms with E-state index in [-0.39, 0.29) is 6.10 Å². The van der Waals surface area contributed by atoms with Gasteiger partial charge in [-0.05, 0) is 7.05 Å². The molecular formula is C11H18N4O. The van der Waals surface area contributed by atoms with Crippen molar-refractivity contribution >= 4 is 0 Å². The molecule has 1 aromatic rings. The molecule has 16 heavy (non-hydrogen) atoms. The van der Waals surface area contributed by atoms with Crippen molar-refractivity contribution in [1.82, 2.24) is 20.2 Å². The molecule has 0 aromatic carbocycles. The van der Waals surface area contributed by atoms with E-state index in [1.54, 1.807) is 12.4 Å². The van der Waals surface area contributed by atoms with Gasteiger partial charge >= 0.3 is 0 Å². The van der Waals surface area contributed by atoms with E-state index in [0.29, 0.717) is 0 Å². The molecule has 0 amide bonds. The monoisotopic (exact) mass is 222 g/mol. The Labute approximate surface area is 95.8 Å². The van der Waals surface area contributed by atoms with Gasteiger partial charge in [-0.15, -0.1) is 0 Å². The minimum absolute atomic E-state index is 0.287. The smallest absolute Gasteiger partial charge is 0.0826 e. The summed E-state index contributed by atoms with van der Waals surface area (Å²) in [6.07, 6.45) is 5.55. The first-order valence-electron chi connectivity index (χ1n) is 5.62. The fourth-order valence-corrected chi connectivity index (χ4v) is 1.92. The Kier molecular flexibility index (Phi) is 4.21. The topological polar surface area (TPSA) is 50.3 Å². The number of ether oxygens (including phenoxy) is 1. The van der Waals surface area contributed by atoms with Crippen LogP contribution in [0.2, 0.25) is 0 Å². The summed E-state index contributed by atoms with van der Waals surface area (Å²) in [6, 6.07) is 0. The third kappa shape index (κ3) is 3.23. The quantitative estimate of drug-likeness (QED) is 0.771. The number of nitrogens with one attached hydrogen (secondary N) is 1. The van der Waals surface area contributed by atoms with Crippen molar-refractivity contribution in [3.63, 3.8) is 0 Å². The van der Waals surface area contributed by atoms with E-state index >= 15 is 0 Å². The molecule has 0 radical (unpaired) electrons. The van der Waals surface area contributed by atoms with Crippen LogP contribution >= 0.6 is 0 Å². The van der Waals surface area contributed by atoms with Crippen LogP contribution in [0.25, 0.3) is 0 Å². The first-order chi connectivity index (χ1) is 7.88. The molecule has 1 fully saturated rings. The second-order valence-corrected chi connectivity index (χ2v) is 3.98. The van der Waals surface area contributed by atoms with Crippen LogP contribution in [-0.2, 0) is 11.3 Å². The van der Waals surface area contributed by atoms with Gasteiger partial charge in [-0.3, -0.25) is 14.9 Å². The van der Waals surface area contributed by atoms with Gasteiger partial charge in [0.25, 0.3) is 0 Å². The second-order valence-electron chi connectivity index (χ2n) is 3.98. The Morgan fingerprint density at radius 2 is 2.50 bits per heavy atom. The highest BCUT2D eigenvalue weighted by atomic mass is 16.5. The van der Waals surface area contributed by atoms with Gasteiger partial charge < -0.3 is 10.1 Å². The van der Waals surface area contributed by atoms with E-state index in [1.165, 1.54) is 0 Å². The second kappa shape index (κ2) is 5.89. The van der Waals surface area contributed by atoms with Crippen LogP contribution in [0.5, 0.6) is 0 Å². The van der Waals surface area contributed by atoms with Crippen LogP contribution < -0.4 is 5.32 Å². The number of hydrogen-bond donors (Lipinski definition) is 1. The zero-order valence-electron chi connectivity index (χ0n) is 9.59. The maximum absolute atomic E-state index is 5.65. The summed E-state index contributed by atoms with van der Waals surface area (Å²) in [7, 11) is 1.95. The summed E-state index contributed by atoms with van der Waals surface area (Å²) < 4.78 is 5.65. The normalized spacial score (nSPS) is 22.2. The lowest BCUT2D eigenvalue weighted by Crippen LogP contribution is -2.45. The van der Waals surface area contributed by atoms with E-state index in [1.807, 2.05) is 13.2 Å². The summed E-state index contributed by atoms with van der Waals surface area (Å²) in [6.45, 7) is 4.48. The molecule has 1 unspecified atom stereocenters. The molecule has 0 saturated carbocycles. The summed E-state index contributed by atoms with van der Waals surface area (Å²) in [5.74, 6) is 0. The maximum Gasteiger partial charge on any atom is 0.0826 e. The van der Waals surface area contributed by atoms with Crippen molar-refractivity contribution in [2.24, 2.45) is 0 Å². The average molecular weight is 222 g/mol. The molecule has 1 aromatic heterocycles. The van der Waals surface area contributed by atoms with E-state index in [2.05, 4.69) is 20.2 Å². The van der Waals surface area contributed by atoms with Crippen LogP contribution in [0, 0.1) is 0 Å². The van der Waals surface area contributed by atoms with Gasteiger partial charge in [-0.1, -0.05) is 0 Å². The Hall–Kier alpha value is -1.04. The van der Waals surface area contributed by atoms with Gasteiger partial charge in [0.1, 0.15) is 0 Å². The van der Waals surface area contributed by atoms with E-state index < -0.39 is 0 Å².